The smallest absolute Gasteiger partial charge is 0.326 e. The van der Waals surface area contributed by atoms with Crippen molar-refractivity contribution in [1.82, 2.24) is 9.97 Å². The number of benzene rings is 1. The Morgan fingerprint density at radius 3 is 2.62 bits per heavy atom. The average Bonchev–Trinajstić information content (AvgIpc) is 2.15. The summed E-state index contributed by atoms with van der Waals surface area (Å²) in [4.78, 5) is 27.1. The van der Waals surface area contributed by atoms with Crippen molar-refractivity contribution < 1.29 is 4.74 Å². The molecule has 0 saturated carbocycles. The molecule has 5 nitrogen and oxygen atoms in total. The molecule has 1 aromatic heterocycles. The minimum Gasteiger partial charge on any atom is -0.469 e. The van der Waals surface area contributed by atoms with Crippen molar-refractivity contribution in [3.05, 3.63) is 39.0 Å². The predicted octanol–water partition coefficient (Wildman–Crippen LogP) is 1.67. The number of alkyl halides is 2. The second-order valence-electron chi connectivity index (χ2n) is 2.99. The molecule has 2 rings (SSSR count). The Balaban J connectivity index is 2.62. The molecule has 0 radical (unpaired) electrons. The Hall–Kier alpha value is -1.08. The molecule has 0 aliphatic heterocycles. The summed E-state index contributed by atoms with van der Waals surface area (Å²) in [5, 5.41) is 0.410. The van der Waals surface area contributed by atoms with E-state index in [0.29, 0.717) is 16.7 Å². The van der Waals surface area contributed by atoms with Gasteiger partial charge in [-0.3, -0.25) is 9.78 Å². The lowest BCUT2D eigenvalue weighted by atomic mass is 10.2. The minimum absolute atomic E-state index is 0.328. The lowest BCUT2D eigenvalue weighted by Crippen LogP contribution is -2.21. The van der Waals surface area contributed by atoms with Crippen LogP contribution in [0.15, 0.2) is 27.8 Å². The zero-order valence-electron chi connectivity index (χ0n) is 7.79. The highest BCUT2D eigenvalue weighted by molar-refractivity contribution is 9.24. The van der Waals surface area contributed by atoms with Gasteiger partial charge in [0.05, 0.1) is 10.9 Å². The Bertz CT molecular complexity index is 632. The zero-order chi connectivity index (χ0) is 11.7. The molecule has 0 saturated heterocycles. The summed E-state index contributed by atoms with van der Waals surface area (Å²) in [7, 11) is 0. The molecule has 2 N–H and O–H groups in total. The van der Waals surface area contributed by atoms with Gasteiger partial charge in [-0.15, -0.1) is 0 Å². The lowest BCUT2D eigenvalue weighted by molar-refractivity contribution is 0.377. The second kappa shape index (κ2) is 4.42. The first kappa shape index (κ1) is 11.4. The number of aromatic amines is 2. The molecule has 0 amide bonds. The molecule has 0 aliphatic rings. The van der Waals surface area contributed by atoms with Gasteiger partial charge in [-0.05, 0) is 44.0 Å². The van der Waals surface area contributed by atoms with Crippen molar-refractivity contribution in [3.8, 4) is 5.75 Å². The molecular weight excluding hydrogens is 344 g/mol. The van der Waals surface area contributed by atoms with Crippen molar-refractivity contribution in [2.24, 2.45) is 0 Å². The molecular formula is C9H6Br2N2O3. The number of hydrogen-bond donors (Lipinski definition) is 2. The fourth-order valence-electron chi connectivity index (χ4n) is 1.32. The third-order valence-corrected chi connectivity index (χ3v) is 2.31. The number of hydrogen-bond acceptors (Lipinski definition) is 3. The average molecular weight is 350 g/mol. The fraction of sp³-hybridized carbons (Fsp3) is 0.111. The summed E-state index contributed by atoms with van der Waals surface area (Å²) in [6, 6.07) is 4.81. The van der Waals surface area contributed by atoms with Crippen LogP contribution in [0.4, 0.5) is 0 Å². The van der Waals surface area contributed by atoms with Crippen LogP contribution >= 0.6 is 31.9 Å². The predicted molar refractivity (Wildman–Crippen MR) is 67.5 cm³/mol. The van der Waals surface area contributed by atoms with E-state index in [1.807, 2.05) is 0 Å². The van der Waals surface area contributed by atoms with E-state index < -0.39 is 11.2 Å². The van der Waals surface area contributed by atoms with E-state index in [4.69, 9.17) is 4.74 Å². The molecule has 16 heavy (non-hydrogen) atoms. The highest BCUT2D eigenvalue weighted by atomic mass is 79.9. The van der Waals surface area contributed by atoms with Crippen molar-refractivity contribution in [3.63, 3.8) is 0 Å². The van der Waals surface area contributed by atoms with Gasteiger partial charge in [0.15, 0.2) is 0 Å². The quantitative estimate of drug-likeness (QED) is 0.810. The monoisotopic (exact) mass is 348 g/mol. The molecule has 0 atom stereocenters. The van der Waals surface area contributed by atoms with Gasteiger partial charge in [0.1, 0.15) is 5.75 Å². The molecule has 2 aromatic rings. The molecule has 0 bridgehead atoms. The summed E-state index contributed by atoms with van der Waals surface area (Å²) in [5.74, 6) is 0.535. The Labute approximate surface area is 106 Å². The van der Waals surface area contributed by atoms with E-state index in [9.17, 15) is 9.59 Å². The Morgan fingerprint density at radius 2 is 1.94 bits per heavy atom. The van der Waals surface area contributed by atoms with Gasteiger partial charge in [0.25, 0.3) is 5.56 Å². The van der Waals surface area contributed by atoms with Crippen molar-refractivity contribution in [2.45, 2.75) is 3.92 Å². The topological polar surface area (TPSA) is 74.9 Å². The highest BCUT2D eigenvalue weighted by Gasteiger charge is 2.04. The Kier molecular flexibility index (Phi) is 3.15. The molecule has 1 aromatic carbocycles. The van der Waals surface area contributed by atoms with Gasteiger partial charge in [-0.1, -0.05) is 0 Å². The standard InChI is InChI=1S/C9H6Br2N2O3/c10-8(11)16-4-1-2-5-6(3-4)12-9(15)13-7(5)14/h1-3,8H,(H2,12,13,14,15). The number of rotatable bonds is 2. The molecule has 0 unspecified atom stereocenters. The lowest BCUT2D eigenvalue weighted by Gasteiger charge is -2.06. The van der Waals surface area contributed by atoms with Crippen LogP contribution in [0.2, 0.25) is 0 Å². The summed E-state index contributed by atoms with van der Waals surface area (Å²) < 4.78 is 4.97. The first-order valence-electron chi connectivity index (χ1n) is 4.27. The number of halogens is 2. The van der Waals surface area contributed by atoms with E-state index in [2.05, 4.69) is 41.8 Å². The molecule has 1 heterocycles. The van der Waals surface area contributed by atoms with E-state index >= 15 is 0 Å². The maximum Gasteiger partial charge on any atom is 0.326 e. The second-order valence-corrected chi connectivity index (χ2v) is 5.89. The maximum atomic E-state index is 11.4. The molecule has 0 fully saturated rings. The van der Waals surface area contributed by atoms with E-state index in [0.717, 1.165) is 0 Å². The zero-order valence-corrected chi connectivity index (χ0v) is 11.0. The number of H-pyrrole nitrogens is 2. The third-order valence-electron chi connectivity index (χ3n) is 1.94. The van der Waals surface area contributed by atoms with Gasteiger partial charge in [-0.2, -0.15) is 0 Å². The van der Waals surface area contributed by atoms with Gasteiger partial charge >= 0.3 is 5.69 Å². The van der Waals surface area contributed by atoms with Crippen LogP contribution in [0.1, 0.15) is 0 Å². The first-order chi connectivity index (χ1) is 7.56. The third kappa shape index (κ3) is 2.35. The van der Waals surface area contributed by atoms with Crippen LogP contribution in [-0.4, -0.2) is 13.9 Å². The van der Waals surface area contributed by atoms with Crippen LogP contribution in [0.25, 0.3) is 10.9 Å². The fourth-order valence-corrected chi connectivity index (χ4v) is 1.76. The Morgan fingerprint density at radius 1 is 1.19 bits per heavy atom. The van der Waals surface area contributed by atoms with Crippen molar-refractivity contribution in [2.75, 3.05) is 0 Å². The van der Waals surface area contributed by atoms with E-state index in [-0.39, 0.29) is 3.92 Å². The van der Waals surface area contributed by atoms with E-state index in [1.165, 1.54) is 0 Å². The summed E-state index contributed by atoms with van der Waals surface area (Å²) in [6.45, 7) is 0. The van der Waals surface area contributed by atoms with Gasteiger partial charge in [-0.25, -0.2) is 4.79 Å². The van der Waals surface area contributed by atoms with Crippen LogP contribution < -0.4 is 16.0 Å². The van der Waals surface area contributed by atoms with Gasteiger partial charge < -0.3 is 9.72 Å². The molecule has 7 heteroatoms. The number of aromatic nitrogens is 2. The molecule has 84 valence electrons. The van der Waals surface area contributed by atoms with Crippen LogP contribution in [0, 0.1) is 0 Å². The number of nitrogens with one attached hydrogen (secondary N) is 2. The summed E-state index contributed by atoms with van der Waals surface area (Å²) in [6.07, 6.45) is 0. The van der Waals surface area contributed by atoms with Crippen molar-refractivity contribution in [1.29, 1.82) is 0 Å². The van der Waals surface area contributed by atoms with Crippen LogP contribution in [0.5, 0.6) is 5.75 Å². The molecule has 0 spiro atoms. The van der Waals surface area contributed by atoms with Gasteiger partial charge in [0.2, 0.25) is 3.92 Å². The number of fused-ring (bicyclic) bond motifs is 1. The SMILES string of the molecule is O=c1[nH]c(=O)c2ccc(OC(Br)Br)cc2[nH]1. The molecule has 0 aliphatic carbocycles. The van der Waals surface area contributed by atoms with Gasteiger partial charge in [0, 0.05) is 6.07 Å². The normalized spacial score (nSPS) is 10.9. The van der Waals surface area contributed by atoms with Crippen molar-refractivity contribution >= 4 is 42.8 Å². The largest absolute Gasteiger partial charge is 0.469 e. The first-order valence-corrected chi connectivity index (χ1v) is 6.10. The summed E-state index contributed by atoms with van der Waals surface area (Å²) in [5.41, 5.74) is -0.518. The van der Waals surface area contributed by atoms with Crippen LogP contribution in [-0.2, 0) is 0 Å². The highest BCUT2D eigenvalue weighted by Crippen LogP contribution is 2.20. The maximum absolute atomic E-state index is 11.4. The minimum atomic E-state index is -0.538. The van der Waals surface area contributed by atoms with Crippen LogP contribution in [0.3, 0.4) is 0 Å². The number of ether oxygens (including phenoxy) is 1. The summed E-state index contributed by atoms with van der Waals surface area (Å²) >= 11 is 6.32. The van der Waals surface area contributed by atoms with E-state index in [1.54, 1.807) is 18.2 Å².